The molecule has 1 amide bonds. The first-order valence-electron chi connectivity index (χ1n) is 7.64. The summed E-state index contributed by atoms with van der Waals surface area (Å²) in [5.41, 5.74) is -0.875. The number of rotatable bonds is 2. The van der Waals surface area contributed by atoms with Gasteiger partial charge in [0.2, 0.25) is 17.5 Å². The number of fused-ring (bicyclic) bond motifs is 2. The van der Waals surface area contributed by atoms with Gasteiger partial charge in [0.15, 0.2) is 0 Å². The van der Waals surface area contributed by atoms with Crippen molar-refractivity contribution in [1.29, 1.82) is 0 Å². The summed E-state index contributed by atoms with van der Waals surface area (Å²) in [7, 11) is 0. The Bertz CT molecular complexity index is 689. The molecule has 0 radical (unpaired) electrons. The molecule has 0 spiro atoms. The molecular weight excluding hydrogens is 278 g/mol. The third kappa shape index (κ3) is 1.50. The molecule has 0 aromatic heterocycles. The number of carbonyl (C=O) groups is 3. The van der Waals surface area contributed by atoms with Crippen molar-refractivity contribution in [2.45, 2.75) is 40.5 Å². The summed E-state index contributed by atoms with van der Waals surface area (Å²) in [5.74, 6) is -1.25. The molecule has 2 aliphatic rings. The lowest BCUT2D eigenvalue weighted by Crippen LogP contribution is -2.47. The molecule has 2 fully saturated rings. The lowest BCUT2D eigenvalue weighted by Gasteiger charge is -2.37. The van der Waals surface area contributed by atoms with E-state index < -0.39 is 22.0 Å². The number of amides is 1. The van der Waals surface area contributed by atoms with E-state index in [0.717, 1.165) is 5.56 Å². The van der Waals surface area contributed by atoms with E-state index >= 15 is 0 Å². The molecule has 4 heteroatoms. The molecule has 2 bridgehead atoms. The van der Waals surface area contributed by atoms with Crippen LogP contribution in [0.2, 0.25) is 0 Å². The number of hydrogen-bond donors (Lipinski definition) is 1. The number of hydrogen-bond acceptors (Lipinski definition) is 3. The van der Waals surface area contributed by atoms with E-state index in [-0.39, 0.29) is 11.7 Å². The Hall–Kier alpha value is -1.97. The first kappa shape index (κ1) is 14.9. The second-order valence-corrected chi connectivity index (χ2v) is 7.34. The van der Waals surface area contributed by atoms with Crippen molar-refractivity contribution in [2.75, 3.05) is 5.32 Å². The standard InChI is InChI=1S/C18H21NO3/c1-11-5-7-12(8-6-11)19-15(22)18-10-9-17(4,16(18,2)3)13(20)14(18)21/h5-8H,9-10H2,1-4H3,(H,19,22)/t17-,18+/m0/s1. The van der Waals surface area contributed by atoms with Crippen LogP contribution in [-0.2, 0) is 14.4 Å². The first-order chi connectivity index (χ1) is 10.2. The van der Waals surface area contributed by atoms with Crippen molar-refractivity contribution >= 4 is 23.2 Å². The molecule has 2 saturated carbocycles. The van der Waals surface area contributed by atoms with Gasteiger partial charge >= 0.3 is 0 Å². The zero-order chi connectivity index (χ0) is 16.3. The summed E-state index contributed by atoms with van der Waals surface area (Å²) in [6.07, 6.45) is 1.03. The van der Waals surface area contributed by atoms with Gasteiger partial charge in [-0.1, -0.05) is 38.5 Å². The molecule has 1 N–H and O–H groups in total. The predicted molar refractivity (Wildman–Crippen MR) is 83.4 cm³/mol. The van der Waals surface area contributed by atoms with E-state index in [4.69, 9.17) is 0 Å². The largest absolute Gasteiger partial charge is 0.325 e. The zero-order valence-corrected chi connectivity index (χ0v) is 13.4. The fraction of sp³-hybridized carbons (Fsp3) is 0.500. The number of nitrogens with one attached hydrogen (secondary N) is 1. The Morgan fingerprint density at radius 2 is 1.59 bits per heavy atom. The number of carbonyl (C=O) groups excluding carboxylic acids is 3. The van der Waals surface area contributed by atoms with Gasteiger partial charge in [-0.25, -0.2) is 0 Å². The highest BCUT2D eigenvalue weighted by molar-refractivity contribution is 6.49. The molecule has 22 heavy (non-hydrogen) atoms. The Morgan fingerprint density at radius 3 is 2.09 bits per heavy atom. The topological polar surface area (TPSA) is 63.2 Å². The van der Waals surface area contributed by atoms with E-state index in [9.17, 15) is 14.4 Å². The van der Waals surface area contributed by atoms with Crippen molar-refractivity contribution < 1.29 is 14.4 Å². The lowest BCUT2D eigenvalue weighted by atomic mass is 9.64. The third-order valence-corrected chi connectivity index (χ3v) is 6.24. The van der Waals surface area contributed by atoms with Gasteiger partial charge < -0.3 is 5.32 Å². The lowest BCUT2D eigenvalue weighted by molar-refractivity contribution is -0.147. The summed E-state index contributed by atoms with van der Waals surface area (Å²) >= 11 is 0. The van der Waals surface area contributed by atoms with Crippen LogP contribution in [0.4, 0.5) is 5.69 Å². The van der Waals surface area contributed by atoms with Gasteiger partial charge in [0, 0.05) is 11.1 Å². The Morgan fingerprint density at radius 1 is 1.00 bits per heavy atom. The van der Waals surface area contributed by atoms with Crippen molar-refractivity contribution in [3.05, 3.63) is 29.8 Å². The van der Waals surface area contributed by atoms with E-state index in [2.05, 4.69) is 5.32 Å². The Kier molecular flexibility index (Phi) is 2.91. The van der Waals surface area contributed by atoms with Crippen LogP contribution in [0, 0.1) is 23.2 Å². The Labute approximate surface area is 130 Å². The monoisotopic (exact) mass is 299 g/mol. The van der Waals surface area contributed by atoms with E-state index in [1.807, 2.05) is 52.0 Å². The molecule has 116 valence electrons. The van der Waals surface area contributed by atoms with Crippen molar-refractivity contribution in [2.24, 2.45) is 16.2 Å². The smallest absolute Gasteiger partial charge is 0.239 e. The van der Waals surface area contributed by atoms with E-state index in [1.165, 1.54) is 0 Å². The number of Topliss-reactive ketones (excluding diaryl/α,β-unsaturated/α-hetero) is 2. The number of benzene rings is 1. The summed E-state index contributed by atoms with van der Waals surface area (Å²) in [6, 6.07) is 7.43. The molecule has 0 unspecified atom stereocenters. The minimum Gasteiger partial charge on any atom is -0.325 e. The van der Waals surface area contributed by atoms with Gasteiger partial charge in [-0.15, -0.1) is 0 Å². The average molecular weight is 299 g/mol. The maximum Gasteiger partial charge on any atom is 0.239 e. The van der Waals surface area contributed by atoms with Gasteiger partial charge in [-0.3, -0.25) is 14.4 Å². The number of aryl methyl sites for hydroxylation is 1. The Balaban J connectivity index is 1.99. The highest BCUT2D eigenvalue weighted by Gasteiger charge is 2.77. The normalized spacial score (nSPS) is 32.4. The molecule has 2 aliphatic carbocycles. The second-order valence-electron chi connectivity index (χ2n) is 7.34. The van der Waals surface area contributed by atoms with Gasteiger partial charge in [-0.05, 0) is 37.3 Å². The molecule has 0 aliphatic heterocycles. The van der Waals surface area contributed by atoms with Crippen LogP contribution in [0.25, 0.3) is 0 Å². The van der Waals surface area contributed by atoms with Crippen LogP contribution in [-0.4, -0.2) is 17.5 Å². The fourth-order valence-corrected chi connectivity index (χ4v) is 4.15. The van der Waals surface area contributed by atoms with Gasteiger partial charge in [0.05, 0.1) is 0 Å². The third-order valence-electron chi connectivity index (χ3n) is 6.24. The van der Waals surface area contributed by atoms with Gasteiger partial charge in [-0.2, -0.15) is 0 Å². The maximum atomic E-state index is 12.9. The highest BCUT2D eigenvalue weighted by Crippen LogP contribution is 2.69. The average Bonchev–Trinajstić information content (AvgIpc) is 2.74. The van der Waals surface area contributed by atoms with E-state index in [0.29, 0.717) is 18.5 Å². The predicted octanol–water partition coefficient (Wildman–Crippen LogP) is 2.90. The number of ketones is 2. The minimum atomic E-state index is -1.23. The van der Waals surface area contributed by atoms with Crippen LogP contribution in [0.3, 0.4) is 0 Å². The number of anilines is 1. The molecule has 4 nitrogen and oxygen atoms in total. The maximum absolute atomic E-state index is 12.9. The van der Waals surface area contributed by atoms with Crippen LogP contribution >= 0.6 is 0 Å². The van der Waals surface area contributed by atoms with Gasteiger partial charge in [0.1, 0.15) is 5.41 Å². The SMILES string of the molecule is Cc1ccc(NC(=O)[C@@]23CC[C@@](C)(C(=O)C2=O)C3(C)C)cc1. The molecular formula is C18H21NO3. The first-order valence-corrected chi connectivity index (χ1v) is 7.64. The summed E-state index contributed by atoms with van der Waals surface area (Å²) < 4.78 is 0. The van der Waals surface area contributed by atoms with Crippen molar-refractivity contribution in [3.63, 3.8) is 0 Å². The van der Waals surface area contributed by atoms with Crippen molar-refractivity contribution in [3.8, 4) is 0 Å². The van der Waals surface area contributed by atoms with Crippen LogP contribution < -0.4 is 5.32 Å². The molecule has 1 aromatic carbocycles. The van der Waals surface area contributed by atoms with Crippen LogP contribution in [0.15, 0.2) is 24.3 Å². The molecule has 3 rings (SSSR count). The molecule has 0 saturated heterocycles. The molecule has 0 heterocycles. The van der Waals surface area contributed by atoms with Crippen LogP contribution in [0.5, 0.6) is 0 Å². The summed E-state index contributed by atoms with van der Waals surface area (Å²) in [5, 5.41) is 2.84. The van der Waals surface area contributed by atoms with Crippen molar-refractivity contribution in [1.82, 2.24) is 0 Å². The van der Waals surface area contributed by atoms with Crippen LogP contribution in [0.1, 0.15) is 39.2 Å². The molecule has 2 atom stereocenters. The summed E-state index contributed by atoms with van der Waals surface area (Å²) in [4.78, 5) is 37.9. The fourth-order valence-electron chi connectivity index (χ4n) is 4.15. The summed E-state index contributed by atoms with van der Waals surface area (Å²) in [6.45, 7) is 7.53. The minimum absolute atomic E-state index is 0.346. The molecule has 1 aromatic rings. The second kappa shape index (κ2) is 4.28. The van der Waals surface area contributed by atoms with Gasteiger partial charge in [0.25, 0.3) is 0 Å². The quantitative estimate of drug-likeness (QED) is 0.674. The highest BCUT2D eigenvalue weighted by atomic mass is 16.2. The van der Waals surface area contributed by atoms with E-state index in [1.54, 1.807) is 0 Å². The zero-order valence-electron chi connectivity index (χ0n) is 13.4.